The van der Waals surface area contributed by atoms with Crippen LogP contribution in [-0.2, 0) is 16.5 Å². The van der Waals surface area contributed by atoms with Gasteiger partial charge in [0.25, 0.3) is 0 Å². The Morgan fingerprint density at radius 2 is 1.87 bits per heavy atom. The summed E-state index contributed by atoms with van der Waals surface area (Å²) in [5.74, 6) is 0.377. The number of pyridine rings is 1. The predicted octanol–water partition coefficient (Wildman–Crippen LogP) is 2.83. The number of nitrogens with two attached hydrogens (primary N) is 1. The molecule has 0 bridgehead atoms. The number of hydrogen-bond acceptors (Lipinski definition) is 6. The van der Waals surface area contributed by atoms with Gasteiger partial charge in [0, 0.05) is 18.3 Å². The van der Waals surface area contributed by atoms with E-state index in [0.717, 1.165) is 16.8 Å². The number of rotatable bonds is 6. The summed E-state index contributed by atoms with van der Waals surface area (Å²) >= 11 is 0. The molecule has 0 saturated heterocycles. The van der Waals surface area contributed by atoms with Crippen molar-refractivity contribution in [2.24, 2.45) is 0 Å². The van der Waals surface area contributed by atoms with E-state index in [1.54, 1.807) is 18.3 Å². The molecule has 1 aromatic carbocycles. The van der Waals surface area contributed by atoms with Crippen molar-refractivity contribution in [2.75, 3.05) is 12.3 Å². The summed E-state index contributed by atoms with van der Waals surface area (Å²) < 4.78 is 17.4. The number of hydrogen-bond donors (Lipinski definition) is 2. The van der Waals surface area contributed by atoms with E-state index in [1.165, 1.54) is 6.33 Å². The first kappa shape index (κ1) is 20.1. The van der Waals surface area contributed by atoms with Gasteiger partial charge in [-0.05, 0) is 32.9 Å². The molecule has 4 rings (SSSR count). The average Bonchev–Trinajstić information content (AvgIpc) is 3.15. The Bertz CT molecular complexity index is 1200. The zero-order valence-electron chi connectivity index (χ0n) is 17.0. The van der Waals surface area contributed by atoms with Gasteiger partial charge in [0.1, 0.15) is 33.9 Å². The molecule has 3 heterocycles. The summed E-state index contributed by atoms with van der Waals surface area (Å²) in [4.78, 5) is 12.8. The van der Waals surface area contributed by atoms with Crippen LogP contribution in [0.1, 0.15) is 19.4 Å². The Kier molecular flexibility index (Phi) is 5.31. The molecule has 9 heteroatoms. The van der Waals surface area contributed by atoms with Gasteiger partial charge in [-0.3, -0.25) is 0 Å². The number of fused-ring (bicyclic) bond motifs is 1. The molecule has 0 saturated carbocycles. The standard InChI is InChI=1S/C21H23N7OS/c1-14-7-9-15(10-8-14)18-17-19(22)24-13-25-20(17)28(27-18)21(2,3)12-26-30(29)16-6-4-5-11-23-16/h4-11,13,26H,12H2,1-3H3,(H2,22,24,25). The second-order valence-corrected chi connectivity index (χ2v) is 8.90. The zero-order valence-corrected chi connectivity index (χ0v) is 17.8. The molecule has 0 aliphatic carbocycles. The van der Waals surface area contributed by atoms with Crippen LogP contribution in [0.5, 0.6) is 0 Å². The third-order valence-electron chi connectivity index (χ3n) is 4.86. The SMILES string of the molecule is Cc1ccc(-c2nn(C(C)(C)CNS(=O)c3ccccn3)c3ncnc(N)c23)cc1. The molecule has 8 nitrogen and oxygen atoms in total. The molecule has 4 aromatic rings. The highest BCUT2D eigenvalue weighted by molar-refractivity contribution is 7.83. The Hall–Kier alpha value is -3.17. The first-order valence-electron chi connectivity index (χ1n) is 9.50. The fourth-order valence-corrected chi connectivity index (χ4v) is 4.15. The van der Waals surface area contributed by atoms with Crippen LogP contribution in [-0.4, -0.2) is 35.5 Å². The second kappa shape index (κ2) is 7.92. The Balaban J connectivity index is 1.72. The van der Waals surface area contributed by atoms with E-state index < -0.39 is 16.5 Å². The van der Waals surface area contributed by atoms with Gasteiger partial charge in [0.15, 0.2) is 5.65 Å². The largest absolute Gasteiger partial charge is 0.383 e. The molecular formula is C21H23N7OS. The van der Waals surface area contributed by atoms with Crippen LogP contribution in [0, 0.1) is 6.92 Å². The second-order valence-electron chi connectivity index (χ2n) is 7.65. The molecule has 1 atom stereocenters. The van der Waals surface area contributed by atoms with Gasteiger partial charge in [-0.1, -0.05) is 35.9 Å². The molecule has 0 amide bonds. The maximum Gasteiger partial charge on any atom is 0.164 e. The van der Waals surface area contributed by atoms with Gasteiger partial charge in [-0.25, -0.2) is 28.6 Å². The number of benzene rings is 1. The van der Waals surface area contributed by atoms with Gasteiger partial charge in [-0.2, -0.15) is 5.10 Å². The van der Waals surface area contributed by atoms with Crippen molar-refractivity contribution < 1.29 is 4.21 Å². The molecule has 0 radical (unpaired) electrons. The maximum atomic E-state index is 12.6. The first-order chi connectivity index (χ1) is 14.4. The highest BCUT2D eigenvalue weighted by atomic mass is 32.2. The number of anilines is 1. The number of aryl methyl sites for hydroxylation is 1. The lowest BCUT2D eigenvalue weighted by Gasteiger charge is -2.25. The molecule has 3 aromatic heterocycles. The molecule has 0 aliphatic rings. The summed E-state index contributed by atoms with van der Waals surface area (Å²) in [6.07, 6.45) is 3.05. The zero-order chi connectivity index (χ0) is 21.3. The fourth-order valence-electron chi connectivity index (χ4n) is 3.16. The van der Waals surface area contributed by atoms with Crippen molar-refractivity contribution in [3.05, 3.63) is 60.6 Å². The smallest absolute Gasteiger partial charge is 0.164 e. The van der Waals surface area contributed by atoms with Crippen LogP contribution < -0.4 is 10.5 Å². The van der Waals surface area contributed by atoms with Crippen LogP contribution in [0.2, 0.25) is 0 Å². The Morgan fingerprint density at radius 1 is 1.10 bits per heavy atom. The topological polar surface area (TPSA) is 112 Å². The minimum Gasteiger partial charge on any atom is -0.383 e. The van der Waals surface area contributed by atoms with E-state index in [2.05, 4.69) is 19.7 Å². The first-order valence-corrected chi connectivity index (χ1v) is 10.6. The third-order valence-corrected chi connectivity index (χ3v) is 5.88. The van der Waals surface area contributed by atoms with E-state index in [9.17, 15) is 4.21 Å². The lowest BCUT2D eigenvalue weighted by molar-refractivity contribution is 0.330. The van der Waals surface area contributed by atoms with E-state index in [-0.39, 0.29) is 0 Å². The summed E-state index contributed by atoms with van der Waals surface area (Å²) in [6.45, 7) is 6.41. The molecule has 3 N–H and O–H groups in total. The average molecular weight is 422 g/mol. The molecule has 154 valence electrons. The van der Waals surface area contributed by atoms with Crippen molar-refractivity contribution in [1.82, 2.24) is 29.5 Å². The predicted molar refractivity (Wildman–Crippen MR) is 118 cm³/mol. The van der Waals surface area contributed by atoms with E-state index in [1.807, 2.05) is 55.8 Å². The highest BCUT2D eigenvalue weighted by Gasteiger charge is 2.28. The lowest BCUT2D eigenvalue weighted by atomic mass is 10.1. The summed E-state index contributed by atoms with van der Waals surface area (Å²) in [7, 11) is -1.43. The van der Waals surface area contributed by atoms with Crippen molar-refractivity contribution in [3.8, 4) is 11.3 Å². The third kappa shape index (κ3) is 3.81. The van der Waals surface area contributed by atoms with Gasteiger partial charge >= 0.3 is 0 Å². The molecule has 0 aliphatic heterocycles. The summed E-state index contributed by atoms with van der Waals surface area (Å²) in [5.41, 5.74) is 9.11. The van der Waals surface area contributed by atoms with Crippen molar-refractivity contribution in [1.29, 1.82) is 0 Å². The van der Waals surface area contributed by atoms with Crippen molar-refractivity contribution >= 4 is 27.8 Å². The van der Waals surface area contributed by atoms with Gasteiger partial charge in [-0.15, -0.1) is 0 Å². The molecular weight excluding hydrogens is 398 g/mol. The number of nitrogens with one attached hydrogen (secondary N) is 1. The summed E-state index contributed by atoms with van der Waals surface area (Å²) in [5, 5.41) is 6.04. The minimum absolute atomic E-state index is 0.377. The maximum absolute atomic E-state index is 12.6. The normalized spacial score (nSPS) is 12.9. The molecule has 0 spiro atoms. The number of aromatic nitrogens is 5. The van der Waals surface area contributed by atoms with Crippen LogP contribution in [0.4, 0.5) is 5.82 Å². The molecule has 0 fully saturated rings. The Labute approximate surface area is 177 Å². The number of nitrogens with zero attached hydrogens (tertiary/aromatic N) is 5. The minimum atomic E-state index is -1.43. The summed E-state index contributed by atoms with van der Waals surface area (Å²) in [6, 6.07) is 13.4. The molecule has 1 unspecified atom stereocenters. The van der Waals surface area contributed by atoms with Crippen molar-refractivity contribution in [3.63, 3.8) is 0 Å². The van der Waals surface area contributed by atoms with Gasteiger partial charge in [0.05, 0.1) is 10.9 Å². The Morgan fingerprint density at radius 3 is 2.57 bits per heavy atom. The van der Waals surface area contributed by atoms with Gasteiger partial charge < -0.3 is 5.73 Å². The van der Waals surface area contributed by atoms with Crippen LogP contribution in [0.15, 0.2) is 60.0 Å². The van der Waals surface area contributed by atoms with Gasteiger partial charge in [0.2, 0.25) is 0 Å². The quantitative estimate of drug-likeness (QED) is 0.495. The lowest BCUT2D eigenvalue weighted by Crippen LogP contribution is -2.39. The van der Waals surface area contributed by atoms with Crippen LogP contribution in [0.3, 0.4) is 0 Å². The van der Waals surface area contributed by atoms with E-state index >= 15 is 0 Å². The monoisotopic (exact) mass is 421 g/mol. The van der Waals surface area contributed by atoms with Crippen LogP contribution >= 0.6 is 0 Å². The van der Waals surface area contributed by atoms with E-state index in [0.29, 0.717) is 28.4 Å². The molecule has 30 heavy (non-hydrogen) atoms. The van der Waals surface area contributed by atoms with E-state index in [4.69, 9.17) is 10.8 Å². The van der Waals surface area contributed by atoms with Crippen LogP contribution in [0.25, 0.3) is 22.3 Å². The fraction of sp³-hybridized carbons (Fsp3) is 0.238. The van der Waals surface area contributed by atoms with Crippen molar-refractivity contribution in [2.45, 2.75) is 31.3 Å². The highest BCUT2D eigenvalue weighted by Crippen LogP contribution is 2.33. The number of nitrogen functional groups attached to an aromatic ring is 1.